The van der Waals surface area contributed by atoms with Gasteiger partial charge < -0.3 is 10.1 Å². The molecule has 0 radical (unpaired) electrons. The Morgan fingerprint density at radius 1 is 1.38 bits per heavy atom. The number of benzene rings is 1. The standard InChI is InChI=1S/C11H13ClINO2/c12-9-2-4-10(5-3-9)16-8-11(15)14-7-1-6-13/h2-5H,1,6-8H2,(H,14,15). The second-order valence-corrected chi connectivity index (χ2v) is 4.65. The van der Waals surface area contributed by atoms with Crippen LogP contribution in [0.5, 0.6) is 5.75 Å². The molecule has 3 nitrogen and oxygen atoms in total. The molecule has 0 unspecified atom stereocenters. The van der Waals surface area contributed by atoms with E-state index in [-0.39, 0.29) is 12.5 Å². The summed E-state index contributed by atoms with van der Waals surface area (Å²) in [6.45, 7) is 0.745. The Balaban J connectivity index is 2.23. The normalized spacial score (nSPS) is 9.88. The van der Waals surface area contributed by atoms with Gasteiger partial charge in [-0.05, 0) is 30.7 Å². The Kier molecular flexibility index (Phi) is 6.56. The molecule has 16 heavy (non-hydrogen) atoms. The highest BCUT2D eigenvalue weighted by Crippen LogP contribution is 2.15. The topological polar surface area (TPSA) is 38.3 Å². The first-order valence-electron chi connectivity index (χ1n) is 4.93. The second-order valence-electron chi connectivity index (χ2n) is 3.14. The van der Waals surface area contributed by atoms with Crippen LogP contribution < -0.4 is 10.1 Å². The van der Waals surface area contributed by atoms with Crippen molar-refractivity contribution in [3.63, 3.8) is 0 Å². The second kappa shape index (κ2) is 7.73. The highest BCUT2D eigenvalue weighted by molar-refractivity contribution is 14.1. The summed E-state index contributed by atoms with van der Waals surface area (Å²) in [5.41, 5.74) is 0. The molecule has 0 fully saturated rings. The lowest BCUT2D eigenvalue weighted by Crippen LogP contribution is -2.29. The van der Waals surface area contributed by atoms with Crippen molar-refractivity contribution in [2.75, 3.05) is 17.6 Å². The number of ether oxygens (including phenoxy) is 1. The molecule has 1 aromatic carbocycles. The predicted molar refractivity (Wildman–Crippen MR) is 73.5 cm³/mol. The van der Waals surface area contributed by atoms with Crippen LogP contribution in [0, 0.1) is 0 Å². The van der Waals surface area contributed by atoms with Crippen LogP contribution in [-0.4, -0.2) is 23.5 Å². The molecule has 0 aliphatic heterocycles. The lowest BCUT2D eigenvalue weighted by atomic mass is 10.3. The minimum absolute atomic E-state index is 0.0445. The third kappa shape index (κ3) is 5.55. The van der Waals surface area contributed by atoms with E-state index >= 15 is 0 Å². The number of hydrogen-bond donors (Lipinski definition) is 1. The fourth-order valence-corrected chi connectivity index (χ4v) is 1.53. The van der Waals surface area contributed by atoms with Crippen molar-refractivity contribution < 1.29 is 9.53 Å². The Labute approximate surface area is 114 Å². The lowest BCUT2D eigenvalue weighted by Gasteiger charge is -2.06. The van der Waals surface area contributed by atoms with Gasteiger partial charge in [-0.2, -0.15) is 0 Å². The number of carbonyl (C=O) groups is 1. The Bertz CT molecular complexity index is 329. The maximum absolute atomic E-state index is 11.3. The highest BCUT2D eigenvalue weighted by atomic mass is 127. The molecule has 0 atom stereocenters. The van der Waals surface area contributed by atoms with Gasteiger partial charge in [0.05, 0.1) is 0 Å². The molecule has 5 heteroatoms. The molecule has 1 rings (SSSR count). The van der Waals surface area contributed by atoms with Gasteiger partial charge in [0, 0.05) is 16.0 Å². The third-order valence-electron chi connectivity index (χ3n) is 1.82. The van der Waals surface area contributed by atoms with Crippen LogP contribution >= 0.6 is 34.2 Å². The zero-order chi connectivity index (χ0) is 11.8. The molecular formula is C11H13ClINO2. The van der Waals surface area contributed by atoms with Crippen molar-refractivity contribution >= 4 is 40.1 Å². The van der Waals surface area contributed by atoms with Gasteiger partial charge in [0.15, 0.2) is 6.61 Å². The average molecular weight is 354 g/mol. The van der Waals surface area contributed by atoms with E-state index in [1.54, 1.807) is 24.3 Å². The molecule has 0 saturated carbocycles. The van der Waals surface area contributed by atoms with E-state index in [9.17, 15) is 4.79 Å². The zero-order valence-electron chi connectivity index (χ0n) is 8.71. The van der Waals surface area contributed by atoms with E-state index in [0.717, 1.165) is 10.8 Å². The fourth-order valence-electron chi connectivity index (χ4n) is 1.03. The minimum atomic E-state index is -0.0974. The van der Waals surface area contributed by atoms with Gasteiger partial charge in [0.1, 0.15) is 5.75 Å². The van der Waals surface area contributed by atoms with Crippen molar-refractivity contribution in [3.8, 4) is 5.75 Å². The van der Waals surface area contributed by atoms with Gasteiger partial charge in [0.2, 0.25) is 0 Å². The molecule has 0 aliphatic rings. The highest BCUT2D eigenvalue weighted by Gasteiger charge is 2.01. The van der Waals surface area contributed by atoms with Crippen molar-refractivity contribution in [2.45, 2.75) is 6.42 Å². The summed E-state index contributed by atoms with van der Waals surface area (Å²) >= 11 is 8.00. The summed E-state index contributed by atoms with van der Waals surface area (Å²) < 4.78 is 6.32. The lowest BCUT2D eigenvalue weighted by molar-refractivity contribution is -0.123. The fraction of sp³-hybridized carbons (Fsp3) is 0.364. The van der Waals surface area contributed by atoms with Crippen LogP contribution in [0.1, 0.15) is 6.42 Å². The zero-order valence-corrected chi connectivity index (χ0v) is 11.6. The molecule has 0 bridgehead atoms. The molecule has 0 heterocycles. The molecule has 88 valence electrons. The Hall–Kier alpha value is -0.490. The smallest absolute Gasteiger partial charge is 0.257 e. The molecular weight excluding hydrogens is 340 g/mol. The van der Waals surface area contributed by atoms with Gasteiger partial charge in [-0.1, -0.05) is 34.2 Å². The van der Waals surface area contributed by atoms with E-state index < -0.39 is 0 Å². The van der Waals surface area contributed by atoms with E-state index in [0.29, 0.717) is 17.3 Å². The average Bonchev–Trinajstić information content (AvgIpc) is 2.29. The predicted octanol–water partition coefficient (Wildman–Crippen LogP) is 2.66. The maximum Gasteiger partial charge on any atom is 0.257 e. The Morgan fingerprint density at radius 3 is 2.69 bits per heavy atom. The van der Waals surface area contributed by atoms with Gasteiger partial charge in [-0.15, -0.1) is 0 Å². The monoisotopic (exact) mass is 353 g/mol. The number of carbonyl (C=O) groups excluding carboxylic acids is 1. The van der Waals surface area contributed by atoms with E-state index in [2.05, 4.69) is 27.9 Å². The largest absolute Gasteiger partial charge is 0.484 e. The third-order valence-corrected chi connectivity index (χ3v) is 2.83. The van der Waals surface area contributed by atoms with Gasteiger partial charge in [-0.3, -0.25) is 4.79 Å². The van der Waals surface area contributed by atoms with Crippen molar-refractivity contribution in [1.82, 2.24) is 5.32 Å². The number of rotatable bonds is 6. The Morgan fingerprint density at radius 2 is 2.06 bits per heavy atom. The van der Waals surface area contributed by atoms with Crippen LogP contribution in [-0.2, 0) is 4.79 Å². The first kappa shape index (κ1) is 13.6. The van der Waals surface area contributed by atoms with Crippen LogP contribution in [0.25, 0.3) is 0 Å². The van der Waals surface area contributed by atoms with Crippen LogP contribution in [0.2, 0.25) is 5.02 Å². The summed E-state index contributed by atoms with van der Waals surface area (Å²) in [4.78, 5) is 11.3. The van der Waals surface area contributed by atoms with E-state index in [1.165, 1.54) is 0 Å². The number of hydrogen-bond acceptors (Lipinski definition) is 2. The number of nitrogens with one attached hydrogen (secondary N) is 1. The first-order valence-corrected chi connectivity index (χ1v) is 6.84. The van der Waals surface area contributed by atoms with Crippen LogP contribution in [0.15, 0.2) is 24.3 Å². The van der Waals surface area contributed by atoms with E-state index in [4.69, 9.17) is 16.3 Å². The van der Waals surface area contributed by atoms with Gasteiger partial charge in [-0.25, -0.2) is 0 Å². The van der Waals surface area contributed by atoms with Crippen molar-refractivity contribution in [2.24, 2.45) is 0 Å². The summed E-state index contributed by atoms with van der Waals surface area (Å²) in [5, 5.41) is 3.42. The van der Waals surface area contributed by atoms with Gasteiger partial charge in [0.25, 0.3) is 5.91 Å². The SMILES string of the molecule is O=C(COc1ccc(Cl)cc1)NCCCI. The van der Waals surface area contributed by atoms with Crippen molar-refractivity contribution in [3.05, 3.63) is 29.3 Å². The van der Waals surface area contributed by atoms with Crippen LogP contribution in [0.4, 0.5) is 0 Å². The van der Waals surface area contributed by atoms with Crippen molar-refractivity contribution in [1.29, 1.82) is 0 Å². The molecule has 1 N–H and O–H groups in total. The van der Waals surface area contributed by atoms with Crippen LogP contribution in [0.3, 0.4) is 0 Å². The molecule has 0 aliphatic carbocycles. The number of halogens is 2. The number of alkyl halides is 1. The molecule has 0 aromatic heterocycles. The van der Waals surface area contributed by atoms with E-state index in [1.807, 2.05) is 0 Å². The summed E-state index contributed by atoms with van der Waals surface area (Å²) in [7, 11) is 0. The van der Waals surface area contributed by atoms with Gasteiger partial charge >= 0.3 is 0 Å². The summed E-state index contributed by atoms with van der Waals surface area (Å²) in [5.74, 6) is 0.549. The minimum Gasteiger partial charge on any atom is -0.484 e. The molecule has 0 spiro atoms. The quantitative estimate of drug-likeness (QED) is 0.485. The number of amides is 1. The molecule has 1 amide bonds. The molecule has 0 saturated heterocycles. The summed E-state index contributed by atoms with van der Waals surface area (Å²) in [6.07, 6.45) is 0.979. The first-order chi connectivity index (χ1) is 7.72. The maximum atomic E-state index is 11.3. The molecule has 1 aromatic rings. The summed E-state index contributed by atoms with van der Waals surface area (Å²) in [6, 6.07) is 6.93.